The van der Waals surface area contributed by atoms with Gasteiger partial charge in [-0.1, -0.05) is 41.0 Å². The smallest absolute Gasteiger partial charge is 0.292 e. The number of benzene rings is 2. The Morgan fingerprint density at radius 3 is 1.79 bits per heavy atom. The van der Waals surface area contributed by atoms with E-state index in [4.69, 9.17) is 14.0 Å². The molecule has 3 aromatic rings. The molecule has 10 atom stereocenters. The van der Waals surface area contributed by atoms with Crippen LogP contribution in [0.5, 0.6) is 0 Å². The third-order valence-electron chi connectivity index (χ3n) is 10.6. The maximum absolute atomic E-state index is 13.2. The minimum absolute atomic E-state index is 0.0631. The molecule has 52 heavy (non-hydrogen) atoms. The summed E-state index contributed by atoms with van der Waals surface area (Å²) in [5.74, 6) is 11.7. The molecule has 0 unspecified atom stereocenters. The lowest BCUT2D eigenvalue weighted by atomic mass is 9.70. The number of aromatic nitrogens is 1. The van der Waals surface area contributed by atoms with Crippen LogP contribution in [0.2, 0.25) is 0 Å². The Hall–Kier alpha value is -4.16. The van der Waals surface area contributed by atoms with Gasteiger partial charge in [-0.05, 0) is 65.8 Å². The highest BCUT2D eigenvalue weighted by Gasteiger charge is 2.47. The number of fused-ring (bicyclic) bond motifs is 5. The number of carbonyl (C=O) groups is 1. The molecule has 274 valence electrons. The summed E-state index contributed by atoms with van der Waals surface area (Å²) < 4.78 is 16.5. The molecule has 14 nitrogen and oxygen atoms in total. The predicted molar refractivity (Wildman–Crippen MR) is 180 cm³/mol. The quantitative estimate of drug-likeness (QED) is 0.147. The van der Waals surface area contributed by atoms with Crippen molar-refractivity contribution in [3.63, 3.8) is 0 Å². The molecule has 1 amide bonds. The van der Waals surface area contributed by atoms with E-state index >= 15 is 0 Å². The van der Waals surface area contributed by atoms with Crippen molar-refractivity contribution in [1.82, 2.24) is 10.1 Å². The molecule has 7 rings (SSSR count). The van der Waals surface area contributed by atoms with Crippen LogP contribution in [-0.2, 0) is 14.9 Å². The van der Waals surface area contributed by atoms with E-state index in [0.29, 0.717) is 37.1 Å². The fraction of sp³-hybridized carbons (Fsp3) is 0.474. The predicted octanol–water partition coefficient (Wildman–Crippen LogP) is -1.34. The lowest BCUT2D eigenvalue weighted by Crippen LogP contribution is -2.58. The molecule has 0 saturated carbocycles. The topological polar surface area (TPSA) is 227 Å². The van der Waals surface area contributed by atoms with Crippen LogP contribution in [-0.4, -0.2) is 144 Å². The Morgan fingerprint density at radius 1 is 0.750 bits per heavy atom. The molecule has 4 heterocycles. The first kappa shape index (κ1) is 36.2. The van der Waals surface area contributed by atoms with Crippen LogP contribution in [0.25, 0.3) is 11.1 Å². The minimum atomic E-state index is -1.54. The van der Waals surface area contributed by atoms with Crippen molar-refractivity contribution in [2.24, 2.45) is 0 Å². The molecule has 1 aromatic heterocycles. The van der Waals surface area contributed by atoms with Gasteiger partial charge in [-0.25, -0.2) is 0 Å². The zero-order valence-electron chi connectivity index (χ0n) is 27.9. The lowest BCUT2D eigenvalue weighted by Gasteiger charge is -2.40. The fourth-order valence-corrected chi connectivity index (χ4v) is 7.73. The van der Waals surface area contributed by atoms with Gasteiger partial charge in [0.15, 0.2) is 0 Å². The molecule has 3 saturated heterocycles. The molecule has 14 heteroatoms. The van der Waals surface area contributed by atoms with E-state index in [2.05, 4.69) is 28.8 Å². The maximum Gasteiger partial charge on any atom is 0.292 e. The summed E-state index contributed by atoms with van der Waals surface area (Å²) in [5, 5.41) is 84.7. The summed E-state index contributed by atoms with van der Waals surface area (Å²) in [6.07, 6.45) is -10.5. The Labute approximate surface area is 298 Å². The normalized spacial score (nSPS) is 31.9. The summed E-state index contributed by atoms with van der Waals surface area (Å²) in [6, 6.07) is 13.1. The van der Waals surface area contributed by atoms with Crippen LogP contribution in [0.1, 0.15) is 52.1 Å². The molecular weight excluding hydrogens is 676 g/mol. The molecule has 0 bridgehead atoms. The summed E-state index contributed by atoms with van der Waals surface area (Å²) in [4.78, 5) is 14.9. The van der Waals surface area contributed by atoms with E-state index in [1.165, 1.54) is 12.3 Å². The van der Waals surface area contributed by atoms with E-state index in [0.717, 1.165) is 22.3 Å². The van der Waals surface area contributed by atoms with Crippen LogP contribution in [0, 0.1) is 23.7 Å². The third-order valence-corrected chi connectivity index (χ3v) is 10.6. The van der Waals surface area contributed by atoms with Crippen molar-refractivity contribution in [2.45, 2.75) is 85.7 Å². The second-order valence-electron chi connectivity index (χ2n) is 13.6. The fourth-order valence-electron chi connectivity index (χ4n) is 7.73. The number of amides is 1. The highest BCUT2D eigenvalue weighted by Crippen LogP contribution is 2.54. The van der Waals surface area contributed by atoms with Gasteiger partial charge in [0.05, 0.1) is 18.9 Å². The molecule has 2 aromatic carbocycles. The average molecular weight is 717 g/mol. The van der Waals surface area contributed by atoms with Gasteiger partial charge in [-0.2, -0.15) is 0 Å². The van der Waals surface area contributed by atoms with Crippen molar-refractivity contribution < 1.29 is 59.6 Å². The van der Waals surface area contributed by atoms with E-state index in [9.17, 15) is 45.6 Å². The number of aliphatic hydroxyl groups is 8. The monoisotopic (exact) mass is 716 g/mol. The number of piperidine rings is 1. The van der Waals surface area contributed by atoms with Crippen LogP contribution in [0.15, 0.2) is 53.2 Å². The molecular formula is C38H40N2O12. The van der Waals surface area contributed by atoms with E-state index in [1.807, 2.05) is 36.4 Å². The van der Waals surface area contributed by atoms with Gasteiger partial charge in [0.2, 0.25) is 5.76 Å². The second-order valence-corrected chi connectivity index (χ2v) is 13.6. The number of aliphatic hydroxyl groups excluding tert-OH is 8. The Kier molecular flexibility index (Phi) is 10.2. The summed E-state index contributed by atoms with van der Waals surface area (Å²) in [6.45, 7) is -0.0252. The van der Waals surface area contributed by atoms with E-state index < -0.39 is 73.1 Å². The molecule has 1 spiro atoms. The van der Waals surface area contributed by atoms with Crippen LogP contribution < -0.4 is 0 Å². The number of hydrogen-bond donors (Lipinski definition) is 8. The van der Waals surface area contributed by atoms with Gasteiger partial charge < -0.3 is 59.7 Å². The highest BCUT2D eigenvalue weighted by atomic mass is 16.5. The number of nitrogens with zero attached hydrogens (tertiary/aromatic N) is 2. The summed E-state index contributed by atoms with van der Waals surface area (Å²) in [7, 11) is 0. The average Bonchev–Trinajstić information content (AvgIpc) is 3.79. The van der Waals surface area contributed by atoms with E-state index in [-0.39, 0.29) is 24.7 Å². The third kappa shape index (κ3) is 6.42. The van der Waals surface area contributed by atoms with Crippen LogP contribution >= 0.6 is 0 Å². The largest absolute Gasteiger partial charge is 0.396 e. The first-order chi connectivity index (χ1) is 25.1. The lowest BCUT2D eigenvalue weighted by molar-refractivity contribution is -0.214. The van der Waals surface area contributed by atoms with Gasteiger partial charge in [-0.3, -0.25) is 4.79 Å². The molecule has 3 aliphatic heterocycles. The Bertz CT molecular complexity index is 1900. The zero-order chi connectivity index (χ0) is 36.7. The number of likely N-dealkylation sites (tertiary alicyclic amines) is 1. The molecule has 4 aliphatic rings. The number of carbonyl (C=O) groups excluding carboxylic acids is 1. The number of ether oxygens (including phenoxy) is 2. The van der Waals surface area contributed by atoms with Gasteiger partial charge in [0.1, 0.15) is 54.9 Å². The van der Waals surface area contributed by atoms with Gasteiger partial charge in [0, 0.05) is 42.3 Å². The maximum atomic E-state index is 13.2. The standard InChI is InChI=1S/C38H40N2O12/c41-16-10-28-33(45)35(47)31(43)26(50-28)7-3-20-1-5-22-23-6-2-21(4-8-27-32(44)36(48)34(46)30(19-42)51-27)18-25(23)38(24(22)17-20)11-14-40(15-12-38)37(49)29-9-13-39-52-29/h1-2,5-6,9,13,17-18,26-28,30-36,41-48H,10-12,14-16,19H2/t26-,27-,28-,30-,31-,32-,33-,34-,35-,36-/m1/s1. The summed E-state index contributed by atoms with van der Waals surface area (Å²) in [5.41, 5.74) is 4.56. The zero-order valence-corrected chi connectivity index (χ0v) is 27.9. The molecule has 1 aliphatic carbocycles. The van der Waals surface area contributed by atoms with Crippen LogP contribution in [0.4, 0.5) is 0 Å². The van der Waals surface area contributed by atoms with Gasteiger partial charge in [0.25, 0.3) is 5.91 Å². The Morgan fingerprint density at radius 2 is 1.29 bits per heavy atom. The van der Waals surface area contributed by atoms with Crippen molar-refractivity contribution in [1.29, 1.82) is 0 Å². The minimum Gasteiger partial charge on any atom is -0.396 e. The number of rotatable bonds is 4. The van der Waals surface area contributed by atoms with Crippen molar-refractivity contribution in [2.75, 3.05) is 26.3 Å². The molecule has 0 radical (unpaired) electrons. The van der Waals surface area contributed by atoms with Crippen LogP contribution in [0.3, 0.4) is 0 Å². The SMILES string of the molecule is O=C(c1ccno1)N1CCC2(CC1)c1cc(C#C[C@H]3O[C@H](CO)[C@@H](O)[C@H](O)[C@@H]3O)ccc1-c1ccc(C#C[C@H]3O[C@H](CCO)[C@@H](O)[C@H](O)[C@@H]3O)cc12. The first-order valence-electron chi connectivity index (χ1n) is 17.2. The highest BCUT2D eigenvalue weighted by molar-refractivity contribution is 5.91. The first-order valence-corrected chi connectivity index (χ1v) is 17.2. The summed E-state index contributed by atoms with van der Waals surface area (Å²) >= 11 is 0. The van der Waals surface area contributed by atoms with E-state index in [1.54, 1.807) is 4.90 Å². The Balaban J connectivity index is 1.22. The van der Waals surface area contributed by atoms with Crippen molar-refractivity contribution >= 4 is 5.91 Å². The number of hydrogen-bond acceptors (Lipinski definition) is 13. The second kappa shape index (κ2) is 14.7. The molecule has 8 N–H and O–H groups in total. The van der Waals surface area contributed by atoms with Gasteiger partial charge in [-0.15, -0.1) is 0 Å². The van der Waals surface area contributed by atoms with Crippen molar-refractivity contribution in [3.05, 3.63) is 76.7 Å². The van der Waals surface area contributed by atoms with Gasteiger partial charge >= 0.3 is 0 Å². The molecule has 3 fully saturated rings. The van der Waals surface area contributed by atoms with Crippen molar-refractivity contribution in [3.8, 4) is 34.8 Å².